The van der Waals surface area contributed by atoms with Crippen LogP contribution in [0, 0.1) is 6.92 Å². The van der Waals surface area contributed by atoms with Crippen molar-refractivity contribution in [2.45, 2.75) is 38.2 Å². The van der Waals surface area contributed by atoms with E-state index in [4.69, 9.17) is 5.11 Å². The SMILES string of the molecule is CCN(CC(C)(C)O)S(=O)(=O)c1c(C)csc1C(=O)O. The van der Waals surface area contributed by atoms with Crippen molar-refractivity contribution in [2.75, 3.05) is 13.1 Å². The Morgan fingerprint density at radius 2 is 2.00 bits per heavy atom. The fourth-order valence-corrected chi connectivity index (χ4v) is 5.02. The second kappa shape index (κ2) is 5.80. The molecule has 0 aliphatic carbocycles. The van der Waals surface area contributed by atoms with Crippen LogP contribution in [0.1, 0.15) is 36.0 Å². The molecule has 1 heterocycles. The van der Waals surface area contributed by atoms with Gasteiger partial charge in [-0.2, -0.15) is 4.31 Å². The van der Waals surface area contributed by atoms with E-state index in [2.05, 4.69) is 0 Å². The summed E-state index contributed by atoms with van der Waals surface area (Å²) in [4.78, 5) is 10.8. The molecule has 0 saturated carbocycles. The number of rotatable bonds is 6. The highest BCUT2D eigenvalue weighted by Crippen LogP contribution is 2.30. The fourth-order valence-electron chi connectivity index (χ4n) is 1.83. The van der Waals surface area contributed by atoms with Gasteiger partial charge in [-0.05, 0) is 31.7 Å². The van der Waals surface area contributed by atoms with Crippen molar-refractivity contribution in [2.24, 2.45) is 0 Å². The van der Waals surface area contributed by atoms with Gasteiger partial charge in [-0.25, -0.2) is 13.2 Å². The summed E-state index contributed by atoms with van der Waals surface area (Å²) in [5.74, 6) is -1.26. The van der Waals surface area contributed by atoms with Crippen LogP contribution in [0.5, 0.6) is 0 Å². The Morgan fingerprint density at radius 1 is 1.45 bits per heavy atom. The van der Waals surface area contributed by atoms with Crippen molar-refractivity contribution in [1.82, 2.24) is 4.31 Å². The molecule has 6 nitrogen and oxygen atoms in total. The fraction of sp³-hybridized carbons (Fsp3) is 0.583. The molecule has 1 aromatic rings. The number of carboxylic acid groups (broad SMARTS) is 1. The molecule has 0 unspecified atom stereocenters. The lowest BCUT2D eigenvalue weighted by molar-refractivity contribution is 0.0601. The molecule has 0 aromatic carbocycles. The van der Waals surface area contributed by atoms with Crippen molar-refractivity contribution < 1.29 is 23.4 Å². The molecule has 20 heavy (non-hydrogen) atoms. The highest BCUT2D eigenvalue weighted by Gasteiger charge is 2.34. The van der Waals surface area contributed by atoms with Crippen LogP contribution in [0.4, 0.5) is 0 Å². The molecule has 0 bridgehead atoms. The summed E-state index contributed by atoms with van der Waals surface area (Å²) in [7, 11) is -3.94. The van der Waals surface area contributed by atoms with E-state index in [0.29, 0.717) is 5.56 Å². The van der Waals surface area contributed by atoms with E-state index in [9.17, 15) is 18.3 Å². The van der Waals surface area contributed by atoms with Crippen molar-refractivity contribution in [3.8, 4) is 0 Å². The number of aryl methyl sites for hydroxylation is 1. The summed E-state index contributed by atoms with van der Waals surface area (Å²) >= 11 is 0.889. The van der Waals surface area contributed by atoms with E-state index < -0.39 is 21.6 Å². The van der Waals surface area contributed by atoms with E-state index in [1.54, 1.807) is 13.8 Å². The van der Waals surface area contributed by atoms with Gasteiger partial charge in [0.25, 0.3) is 0 Å². The van der Waals surface area contributed by atoms with Gasteiger partial charge >= 0.3 is 5.97 Å². The van der Waals surface area contributed by atoms with Crippen LogP contribution >= 0.6 is 11.3 Å². The first-order valence-electron chi connectivity index (χ1n) is 6.04. The lowest BCUT2D eigenvalue weighted by Crippen LogP contribution is -2.42. The van der Waals surface area contributed by atoms with Crippen LogP contribution < -0.4 is 0 Å². The molecule has 0 amide bonds. The van der Waals surface area contributed by atoms with Crippen LogP contribution in [0.3, 0.4) is 0 Å². The number of hydrogen-bond donors (Lipinski definition) is 2. The maximum atomic E-state index is 12.6. The molecule has 0 spiro atoms. The number of thiophene rings is 1. The molecule has 0 radical (unpaired) electrons. The Labute approximate surface area is 122 Å². The van der Waals surface area contributed by atoms with Gasteiger partial charge in [-0.1, -0.05) is 6.92 Å². The van der Waals surface area contributed by atoms with Gasteiger partial charge in [-0.3, -0.25) is 0 Å². The number of carbonyl (C=O) groups is 1. The highest BCUT2D eigenvalue weighted by molar-refractivity contribution is 7.89. The van der Waals surface area contributed by atoms with Crippen molar-refractivity contribution in [3.63, 3.8) is 0 Å². The highest BCUT2D eigenvalue weighted by atomic mass is 32.2. The normalized spacial score (nSPS) is 12.9. The smallest absolute Gasteiger partial charge is 0.347 e. The Morgan fingerprint density at radius 3 is 2.40 bits per heavy atom. The van der Waals surface area contributed by atoms with Gasteiger partial charge in [0.2, 0.25) is 10.0 Å². The summed E-state index contributed by atoms with van der Waals surface area (Å²) in [6.45, 7) is 6.27. The number of hydrogen-bond acceptors (Lipinski definition) is 5. The third-order valence-corrected chi connectivity index (χ3v) is 5.95. The van der Waals surface area contributed by atoms with Crippen LogP contribution in [0.2, 0.25) is 0 Å². The van der Waals surface area contributed by atoms with Gasteiger partial charge < -0.3 is 10.2 Å². The molecule has 114 valence electrons. The van der Waals surface area contributed by atoms with Crippen molar-refractivity contribution >= 4 is 27.3 Å². The Hall–Kier alpha value is -0.960. The number of likely N-dealkylation sites (N-methyl/N-ethyl adjacent to an activating group) is 1. The number of nitrogens with zero attached hydrogens (tertiary/aromatic N) is 1. The zero-order chi connectivity index (χ0) is 15.7. The first-order valence-corrected chi connectivity index (χ1v) is 8.36. The summed E-state index contributed by atoms with van der Waals surface area (Å²) < 4.78 is 26.3. The van der Waals surface area contributed by atoms with Gasteiger partial charge in [0.15, 0.2) is 0 Å². The predicted octanol–water partition coefficient (Wildman–Crippen LogP) is 1.54. The number of aromatic carboxylic acids is 1. The van der Waals surface area contributed by atoms with E-state index in [0.717, 1.165) is 15.6 Å². The van der Waals surface area contributed by atoms with Crippen molar-refractivity contribution in [1.29, 1.82) is 0 Å². The largest absolute Gasteiger partial charge is 0.477 e. The maximum absolute atomic E-state index is 12.6. The zero-order valence-corrected chi connectivity index (χ0v) is 13.5. The third kappa shape index (κ3) is 3.57. The first kappa shape index (κ1) is 17.1. The van der Waals surface area contributed by atoms with E-state index >= 15 is 0 Å². The van der Waals surface area contributed by atoms with Crippen LogP contribution in [0.15, 0.2) is 10.3 Å². The molecule has 0 aliphatic heterocycles. The lowest BCUT2D eigenvalue weighted by atomic mass is 10.1. The Bertz CT molecular complexity index is 598. The quantitative estimate of drug-likeness (QED) is 0.828. The minimum Gasteiger partial charge on any atom is -0.477 e. The monoisotopic (exact) mass is 321 g/mol. The molecule has 0 saturated heterocycles. The zero-order valence-electron chi connectivity index (χ0n) is 11.9. The van der Waals surface area contributed by atoms with Crippen LogP contribution in [-0.4, -0.2) is 47.6 Å². The number of carboxylic acids is 1. The van der Waals surface area contributed by atoms with Crippen LogP contribution in [0.25, 0.3) is 0 Å². The van der Waals surface area contributed by atoms with E-state index in [1.165, 1.54) is 19.2 Å². The molecule has 2 N–H and O–H groups in total. The lowest BCUT2D eigenvalue weighted by Gasteiger charge is -2.27. The molecule has 0 fully saturated rings. The average molecular weight is 321 g/mol. The van der Waals surface area contributed by atoms with Gasteiger partial charge in [0, 0.05) is 13.1 Å². The molecular formula is C12H19NO5S2. The molecule has 0 atom stereocenters. The first-order chi connectivity index (χ1) is 9.00. The molecule has 1 aromatic heterocycles. The third-order valence-electron chi connectivity index (χ3n) is 2.63. The van der Waals surface area contributed by atoms with Gasteiger partial charge in [0.05, 0.1) is 5.60 Å². The standard InChI is InChI=1S/C12H19NO5S2/c1-5-13(7-12(3,4)16)20(17,18)10-8(2)6-19-9(10)11(14)15/h6,16H,5,7H2,1-4H3,(H,14,15). The van der Waals surface area contributed by atoms with Gasteiger partial charge in [0.1, 0.15) is 9.77 Å². The number of aliphatic hydroxyl groups is 1. The number of sulfonamides is 1. The maximum Gasteiger partial charge on any atom is 0.347 e. The second-order valence-corrected chi connectivity index (χ2v) is 7.88. The van der Waals surface area contributed by atoms with Gasteiger partial charge in [-0.15, -0.1) is 11.3 Å². The Kier molecular flexibility index (Phi) is 4.96. The minimum atomic E-state index is -3.94. The topological polar surface area (TPSA) is 94.9 Å². The van der Waals surface area contributed by atoms with Crippen LogP contribution in [-0.2, 0) is 10.0 Å². The van der Waals surface area contributed by atoms with Crippen molar-refractivity contribution in [3.05, 3.63) is 15.8 Å². The Balaban J connectivity index is 3.35. The molecule has 8 heteroatoms. The minimum absolute atomic E-state index is 0.0970. The summed E-state index contributed by atoms with van der Waals surface area (Å²) in [6.07, 6.45) is 0. The summed E-state index contributed by atoms with van der Waals surface area (Å²) in [5.41, 5.74) is -0.794. The molecule has 1 rings (SSSR count). The van der Waals surface area contributed by atoms with E-state index in [-0.39, 0.29) is 22.9 Å². The summed E-state index contributed by atoms with van der Waals surface area (Å²) in [5, 5.41) is 20.4. The second-order valence-electron chi connectivity index (χ2n) is 5.13. The average Bonchev–Trinajstić information content (AvgIpc) is 2.67. The molecular weight excluding hydrogens is 302 g/mol. The predicted molar refractivity (Wildman–Crippen MR) is 76.7 cm³/mol. The molecule has 0 aliphatic rings. The summed E-state index contributed by atoms with van der Waals surface area (Å²) in [6, 6.07) is 0. The van der Waals surface area contributed by atoms with E-state index in [1.807, 2.05) is 0 Å².